The second-order valence-corrected chi connectivity index (χ2v) is 5.11. The molecule has 7 heteroatoms. The highest BCUT2D eigenvalue weighted by Crippen LogP contribution is 2.30. The first-order valence-corrected chi connectivity index (χ1v) is 7.16. The van der Waals surface area contributed by atoms with Gasteiger partial charge in [-0.15, -0.1) is 0 Å². The molecule has 2 N–H and O–H groups in total. The third-order valence-electron chi connectivity index (χ3n) is 3.69. The summed E-state index contributed by atoms with van der Waals surface area (Å²) in [5.41, 5.74) is -0.0722. The van der Waals surface area contributed by atoms with Crippen molar-refractivity contribution in [3.8, 4) is 0 Å². The van der Waals surface area contributed by atoms with Crippen LogP contribution in [0.3, 0.4) is 0 Å². The van der Waals surface area contributed by atoms with Crippen molar-refractivity contribution >= 4 is 17.3 Å². The van der Waals surface area contributed by atoms with Gasteiger partial charge in [-0.05, 0) is 12.8 Å². The molecule has 110 valence electrons. The van der Waals surface area contributed by atoms with E-state index >= 15 is 0 Å². The van der Waals surface area contributed by atoms with E-state index < -0.39 is 4.92 Å². The monoisotopic (exact) mass is 279 g/mol. The second kappa shape index (κ2) is 7.02. The molecule has 7 nitrogen and oxygen atoms in total. The smallest absolute Gasteiger partial charge is 0.353 e. The molecule has 0 spiro atoms. The van der Waals surface area contributed by atoms with Gasteiger partial charge in [0.2, 0.25) is 11.6 Å². The fourth-order valence-corrected chi connectivity index (χ4v) is 2.63. The van der Waals surface area contributed by atoms with Gasteiger partial charge in [0, 0.05) is 13.1 Å². The van der Waals surface area contributed by atoms with Crippen molar-refractivity contribution in [2.75, 3.05) is 17.7 Å². The van der Waals surface area contributed by atoms with Crippen molar-refractivity contribution in [1.82, 2.24) is 9.97 Å². The molecule has 20 heavy (non-hydrogen) atoms. The Balaban J connectivity index is 2.16. The molecule has 1 aromatic heterocycles. The average molecular weight is 279 g/mol. The minimum absolute atomic E-state index is 0.0722. The Bertz CT molecular complexity index is 458. The first-order chi connectivity index (χ1) is 9.72. The van der Waals surface area contributed by atoms with Crippen LogP contribution < -0.4 is 10.6 Å². The zero-order valence-electron chi connectivity index (χ0n) is 11.8. The third kappa shape index (κ3) is 3.55. The number of hydrogen-bond donors (Lipinski definition) is 2. The highest BCUT2D eigenvalue weighted by molar-refractivity contribution is 5.69. The number of nitrogens with zero attached hydrogens (tertiary/aromatic N) is 3. The predicted molar refractivity (Wildman–Crippen MR) is 78.0 cm³/mol. The maximum atomic E-state index is 11.2. The fourth-order valence-electron chi connectivity index (χ4n) is 2.63. The molecule has 1 aliphatic carbocycles. The van der Waals surface area contributed by atoms with E-state index in [1.54, 1.807) is 7.05 Å². The first-order valence-electron chi connectivity index (χ1n) is 7.16. The fraction of sp³-hybridized carbons (Fsp3) is 0.692. The van der Waals surface area contributed by atoms with Crippen LogP contribution in [0.15, 0.2) is 6.33 Å². The van der Waals surface area contributed by atoms with Crippen molar-refractivity contribution in [3.63, 3.8) is 0 Å². The van der Waals surface area contributed by atoms with E-state index in [9.17, 15) is 10.1 Å². The Kier molecular flexibility index (Phi) is 5.09. The quantitative estimate of drug-likeness (QED) is 0.650. The maximum Gasteiger partial charge on any atom is 0.353 e. The van der Waals surface area contributed by atoms with Gasteiger partial charge in [-0.1, -0.05) is 32.1 Å². The second-order valence-electron chi connectivity index (χ2n) is 5.11. The summed E-state index contributed by atoms with van der Waals surface area (Å²) in [6, 6.07) is 0.258. The molecule has 0 aromatic carbocycles. The minimum atomic E-state index is -0.433. The standard InChI is InChI=1S/C13H21N5O2/c1-14-12-11(18(19)20)13(16-9-15-12)17-10-7-5-3-2-4-6-8-10/h9-10H,2-8H2,1H3,(H2,14,15,16,17). The molecule has 1 fully saturated rings. The summed E-state index contributed by atoms with van der Waals surface area (Å²) < 4.78 is 0. The van der Waals surface area contributed by atoms with Crippen LogP contribution in [0.25, 0.3) is 0 Å². The Morgan fingerprint density at radius 1 is 1.15 bits per heavy atom. The molecule has 1 aromatic rings. The van der Waals surface area contributed by atoms with E-state index in [0.717, 1.165) is 25.7 Å². The molecular formula is C13H21N5O2. The van der Waals surface area contributed by atoms with Crippen LogP contribution in [-0.4, -0.2) is 28.0 Å². The van der Waals surface area contributed by atoms with Crippen LogP contribution >= 0.6 is 0 Å². The van der Waals surface area contributed by atoms with Crippen molar-refractivity contribution in [3.05, 3.63) is 16.4 Å². The number of nitro groups is 1. The van der Waals surface area contributed by atoms with Gasteiger partial charge in [0.25, 0.3) is 0 Å². The van der Waals surface area contributed by atoms with Gasteiger partial charge in [-0.2, -0.15) is 0 Å². The Morgan fingerprint density at radius 3 is 2.35 bits per heavy atom. The lowest BCUT2D eigenvalue weighted by molar-refractivity contribution is -0.383. The lowest BCUT2D eigenvalue weighted by Crippen LogP contribution is -2.22. The highest BCUT2D eigenvalue weighted by Gasteiger charge is 2.24. The van der Waals surface area contributed by atoms with Crippen LogP contribution in [0.2, 0.25) is 0 Å². The van der Waals surface area contributed by atoms with Crippen LogP contribution in [-0.2, 0) is 0 Å². The van der Waals surface area contributed by atoms with Gasteiger partial charge in [0.15, 0.2) is 0 Å². The Hall–Kier alpha value is -1.92. The van der Waals surface area contributed by atoms with Gasteiger partial charge in [-0.3, -0.25) is 10.1 Å². The van der Waals surface area contributed by atoms with Crippen molar-refractivity contribution < 1.29 is 4.92 Å². The number of rotatable bonds is 4. The summed E-state index contributed by atoms with van der Waals surface area (Å²) in [4.78, 5) is 18.7. The molecule has 1 saturated carbocycles. The van der Waals surface area contributed by atoms with Crippen LogP contribution in [0.4, 0.5) is 17.3 Å². The summed E-state index contributed by atoms with van der Waals surface area (Å²) in [5.74, 6) is 0.568. The highest BCUT2D eigenvalue weighted by atomic mass is 16.6. The van der Waals surface area contributed by atoms with Crippen LogP contribution in [0.5, 0.6) is 0 Å². The zero-order chi connectivity index (χ0) is 14.4. The molecule has 0 amide bonds. The maximum absolute atomic E-state index is 11.2. The molecule has 2 rings (SSSR count). The molecule has 1 heterocycles. The van der Waals surface area contributed by atoms with Crippen LogP contribution in [0.1, 0.15) is 44.9 Å². The predicted octanol–water partition coefficient (Wildman–Crippen LogP) is 2.95. The summed E-state index contributed by atoms with van der Waals surface area (Å²) in [5, 5.41) is 17.2. The lowest BCUT2D eigenvalue weighted by atomic mass is 9.97. The van der Waals surface area contributed by atoms with Gasteiger partial charge < -0.3 is 10.6 Å². The minimum Gasteiger partial charge on any atom is -0.367 e. The number of hydrogen-bond acceptors (Lipinski definition) is 6. The number of anilines is 2. The molecule has 0 atom stereocenters. The molecule has 0 unspecified atom stereocenters. The largest absolute Gasteiger partial charge is 0.367 e. The van der Waals surface area contributed by atoms with E-state index in [1.807, 2.05) is 0 Å². The van der Waals surface area contributed by atoms with Crippen molar-refractivity contribution in [2.24, 2.45) is 0 Å². The Morgan fingerprint density at radius 2 is 1.75 bits per heavy atom. The van der Waals surface area contributed by atoms with E-state index in [-0.39, 0.29) is 17.5 Å². The summed E-state index contributed by atoms with van der Waals surface area (Å²) >= 11 is 0. The summed E-state index contributed by atoms with van der Waals surface area (Å²) in [7, 11) is 1.62. The number of aromatic nitrogens is 2. The van der Waals surface area contributed by atoms with Gasteiger partial charge in [-0.25, -0.2) is 9.97 Å². The SMILES string of the molecule is CNc1ncnc(NC2CCCCCCC2)c1[N+](=O)[O-]. The molecule has 0 radical (unpaired) electrons. The van der Waals surface area contributed by atoms with Gasteiger partial charge >= 0.3 is 5.69 Å². The molecular weight excluding hydrogens is 258 g/mol. The van der Waals surface area contributed by atoms with E-state index in [4.69, 9.17) is 0 Å². The molecule has 0 bridgehead atoms. The normalized spacial score (nSPS) is 17.1. The summed E-state index contributed by atoms with van der Waals surface area (Å²) in [6.45, 7) is 0. The topological polar surface area (TPSA) is 93.0 Å². The molecule has 1 aliphatic rings. The van der Waals surface area contributed by atoms with E-state index in [1.165, 1.54) is 25.6 Å². The molecule has 0 saturated heterocycles. The lowest BCUT2D eigenvalue weighted by Gasteiger charge is -2.21. The van der Waals surface area contributed by atoms with Crippen LogP contribution in [0, 0.1) is 10.1 Å². The van der Waals surface area contributed by atoms with Crippen molar-refractivity contribution in [1.29, 1.82) is 0 Å². The first kappa shape index (κ1) is 14.5. The Labute approximate surface area is 118 Å². The van der Waals surface area contributed by atoms with E-state index in [2.05, 4.69) is 20.6 Å². The molecule has 0 aliphatic heterocycles. The average Bonchev–Trinajstić information content (AvgIpc) is 2.41. The van der Waals surface area contributed by atoms with Gasteiger partial charge in [0.1, 0.15) is 6.33 Å². The van der Waals surface area contributed by atoms with E-state index in [0.29, 0.717) is 5.82 Å². The number of nitrogens with one attached hydrogen (secondary N) is 2. The summed E-state index contributed by atoms with van der Waals surface area (Å²) in [6.07, 6.45) is 9.53. The zero-order valence-corrected chi connectivity index (χ0v) is 11.8. The third-order valence-corrected chi connectivity index (χ3v) is 3.69. The van der Waals surface area contributed by atoms with Crippen molar-refractivity contribution in [2.45, 2.75) is 51.0 Å². The van der Waals surface area contributed by atoms with Gasteiger partial charge in [0.05, 0.1) is 4.92 Å².